The minimum Gasteiger partial charge on any atom is -0.453 e. The fourth-order valence-corrected chi connectivity index (χ4v) is 5.73. The number of rotatable bonds is 11. The van der Waals surface area contributed by atoms with E-state index in [1.807, 2.05) is 91.0 Å². The van der Waals surface area contributed by atoms with E-state index in [4.69, 9.17) is 18.9 Å². The van der Waals surface area contributed by atoms with E-state index in [1.165, 1.54) is 0 Å². The van der Waals surface area contributed by atoms with Gasteiger partial charge in [-0.15, -0.1) is 0 Å². The maximum Gasteiger partial charge on any atom is 0.338 e. The highest BCUT2D eigenvalue weighted by Gasteiger charge is 2.55. The van der Waals surface area contributed by atoms with Crippen molar-refractivity contribution in [3.63, 3.8) is 0 Å². The van der Waals surface area contributed by atoms with Gasteiger partial charge in [0.05, 0.1) is 24.3 Å². The number of aliphatic hydroxyl groups excluding tert-OH is 2. The summed E-state index contributed by atoms with van der Waals surface area (Å²) in [6.07, 6.45) is -8.38. The van der Waals surface area contributed by atoms with Gasteiger partial charge in [0.15, 0.2) is 12.2 Å². The molecular weight excluding hydrogens is 608 g/mol. The second-order valence-corrected chi connectivity index (χ2v) is 11.6. The third-order valence-electron chi connectivity index (χ3n) is 8.29. The lowest BCUT2D eigenvalue weighted by atomic mass is 9.84. The lowest BCUT2D eigenvalue weighted by Gasteiger charge is -2.46. The summed E-state index contributed by atoms with van der Waals surface area (Å²) < 4.78 is 24.1. The van der Waals surface area contributed by atoms with E-state index >= 15 is 0 Å². The average Bonchev–Trinajstić information content (AvgIpc) is 3.14. The Balaban J connectivity index is 1.29. The highest BCUT2D eigenvalue weighted by Crippen LogP contribution is 2.33. The summed E-state index contributed by atoms with van der Waals surface area (Å²) in [6.45, 7) is 0.104. The third kappa shape index (κ3) is 7.87. The first-order valence-corrected chi connectivity index (χ1v) is 15.8. The number of benzene rings is 5. The third-order valence-corrected chi connectivity index (χ3v) is 8.29. The summed E-state index contributed by atoms with van der Waals surface area (Å²) in [5.74, 6) is -1.47. The van der Waals surface area contributed by atoms with E-state index in [2.05, 4.69) is 0 Å². The Morgan fingerprint density at radius 3 is 1.25 bits per heavy atom. The molecule has 0 bridgehead atoms. The van der Waals surface area contributed by atoms with Crippen molar-refractivity contribution in [2.24, 2.45) is 0 Å². The SMILES string of the molecule is O=C(O[C@@H]1[C@H](O)[C@H](OC(=O)c2ccc(-c3ccccc3)cc2)[C@@H](OCc2ccccc2)[C@H](O)[C@H]1OCc1ccccc1)c1ccccc1. The first-order valence-electron chi connectivity index (χ1n) is 15.8. The average molecular weight is 645 g/mol. The van der Waals surface area contributed by atoms with Crippen molar-refractivity contribution < 1.29 is 38.7 Å². The van der Waals surface area contributed by atoms with E-state index in [1.54, 1.807) is 54.6 Å². The van der Waals surface area contributed by atoms with Crippen molar-refractivity contribution in [3.8, 4) is 11.1 Å². The van der Waals surface area contributed by atoms with Gasteiger partial charge in [0, 0.05) is 0 Å². The predicted molar refractivity (Wildman–Crippen MR) is 179 cm³/mol. The van der Waals surface area contributed by atoms with Crippen LogP contribution in [0.4, 0.5) is 0 Å². The standard InChI is InChI=1S/C40H36O8/c41-33-35(45-25-27-13-5-1-6-14-27)37(47-39(43)31-19-11-4-12-20-31)34(42)38(36(33)46-26-28-15-7-2-8-16-28)48-40(44)32-23-21-30(22-24-32)29-17-9-3-10-18-29/h1-24,33-38,41-42H,25-26H2/t33-,34+,35-,36+,37-,38+/m1/s1. The molecule has 6 atom stereocenters. The van der Waals surface area contributed by atoms with Gasteiger partial charge in [-0.1, -0.05) is 121 Å². The van der Waals surface area contributed by atoms with Gasteiger partial charge in [0.1, 0.15) is 24.4 Å². The van der Waals surface area contributed by atoms with E-state index in [0.29, 0.717) is 0 Å². The molecule has 2 N–H and O–H groups in total. The molecule has 0 amide bonds. The Bertz CT molecular complexity index is 1750. The molecule has 48 heavy (non-hydrogen) atoms. The van der Waals surface area contributed by atoms with Crippen LogP contribution in [0.3, 0.4) is 0 Å². The van der Waals surface area contributed by atoms with E-state index in [0.717, 1.165) is 22.3 Å². The van der Waals surface area contributed by atoms with Gasteiger partial charge < -0.3 is 29.2 Å². The molecule has 8 heteroatoms. The molecule has 0 heterocycles. The molecule has 0 radical (unpaired) electrons. The Kier molecular flexibility index (Phi) is 10.7. The smallest absolute Gasteiger partial charge is 0.338 e. The molecule has 8 nitrogen and oxygen atoms in total. The Labute approximate surface area is 279 Å². The first kappa shape index (κ1) is 32.8. The van der Waals surface area contributed by atoms with Gasteiger partial charge in [-0.25, -0.2) is 9.59 Å². The molecule has 0 aliphatic heterocycles. The van der Waals surface area contributed by atoms with Gasteiger partial charge in [0.25, 0.3) is 0 Å². The van der Waals surface area contributed by atoms with Gasteiger partial charge in [-0.3, -0.25) is 0 Å². The number of hydrogen-bond acceptors (Lipinski definition) is 8. The van der Waals surface area contributed by atoms with Gasteiger partial charge >= 0.3 is 11.9 Å². The van der Waals surface area contributed by atoms with Crippen LogP contribution >= 0.6 is 0 Å². The Morgan fingerprint density at radius 2 is 0.792 bits per heavy atom. The van der Waals surface area contributed by atoms with Gasteiger partial charge in [0.2, 0.25) is 0 Å². The molecule has 5 aromatic rings. The number of hydrogen-bond donors (Lipinski definition) is 2. The number of ether oxygens (including phenoxy) is 4. The summed E-state index contributed by atoms with van der Waals surface area (Å²) >= 11 is 0. The van der Waals surface area contributed by atoms with E-state index < -0.39 is 48.6 Å². The van der Waals surface area contributed by atoms with Crippen molar-refractivity contribution in [1.29, 1.82) is 0 Å². The molecule has 5 aromatic carbocycles. The highest BCUT2D eigenvalue weighted by molar-refractivity contribution is 5.90. The van der Waals surface area contributed by atoms with Crippen molar-refractivity contribution in [2.45, 2.75) is 49.8 Å². The highest BCUT2D eigenvalue weighted by atomic mass is 16.6. The van der Waals surface area contributed by atoms with Crippen LogP contribution in [0.1, 0.15) is 31.8 Å². The maximum atomic E-state index is 13.6. The first-order chi connectivity index (χ1) is 23.5. The second kappa shape index (κ2) is 15.6. The van der Waals surface area contributed by atoms with Gasteiger partial charge in [-0.2, -0.15) is 0 Å². The Hall–Kier alpha value is -5.12. The fourth-order valence-electron chi connectivity index (χ4n) is 5.73. The lowest BCUT2D eigenvalue weighted by Crippen LogP contribution is -2.66. The van der Waals surface area contributed by atoms with Crippen LogP contribution in [0, 0.1) is 0 Å². The number of aliphatic hydroxyl groups is 2. The van der Waals surface area contributed by atoms with Crippen LogP contribution in [-0.2, 0) is 32.2 Å². The van der Waals surface area contributed by atoms with Crippen LogP contribution in [0.25, 0.3) is 11.1 Å². The van der Waals surface area contributed by atoms with E-state index in [9.17, 15) is 19.8 Å². The summed E-state index contributed by atoms with van der Waals surface area (Å²) in [5.41, 5.74) is 3.99. The number of carbonyl (C=O) groups is 2. The number of esters is 2. The van der Waals surface area contributed by atoms with Crippen LogP contribution in [0.5, 0.6) is 0 Å². The fraction of sp³-hybridized carbons (Fsp3) is 0.200. The van der Waals surface area contributed by atoms with Crippen LogP contribution in [0.15, 0.2) is 146 Å². The van der Waals surface area contributed by atoms with Crippen molar-refractivity contribution in [2.75, 3.05) is 0 Å². The lowest BCUT2D eigenvalue weighted by molar-refractivity contribution is -0.249. The Morgan fingerprint density at radius 1 is 0.438 bits per heavy atom. The second-order valence-electron chi connectivity index (χ2n) is 11.6. The largest absolute Gasteiger partial charge is 0.453 e. The molecule has 1 fully saturated rings. The van der Waals surface area contributed by atoms with Crippen molar-refractivity contribution >= 4 is 11.9 Å². The van der Waals surface area contributed by atoms with Gasteiger partial charge in [-0.05, 0) is 46.5 Å². The predicted octanol–water partition coefficient (Wildman–Crippen LogP) is 6.01. The molecule has 0 unspecified atom stereocenters. The van der Waals surface area contributed by atoms with E-state index in [-0.39, 0.29) is 24.3 Å². The normalized spacial score (nSPS) is 22.0. The molecule has 0 saturated heterocycles. The summed E-state index contributed by atoms with van der Waals surface area (Å²) in [4.78, 5) is 26.8. The van der Waals surface area contributed by atoms with Crippen LogP contribution in [-0.4, -0.2) is 58.8 Å². The zero-order valence-corrected chi connectivity index (χ0v) is 26.1. The molecule has 244 valence electrons. The van der Waals surface area contributed by atoms with Crippen molar-refractivity contribution in [1.82, 2.24) is 0 Å². The monoisotopic (exact) mass is 644 g/mol. The maximum absolute atomic E-state index is 13.6. The molecule has 0 aromatic heterocycles. The zero-order chi connectivity index (χ0) is 33.3. The number of carbonyl (C=O) groups excluding carboxylic acids is 2. The quantitative estimate of drug-likeness (QED) is 0.168. The summed E-state index contributed by atoms with van der Waals surface area (Å²) in [7, 11) is 0. The molecular formula is C40H36O8. The molecule has 1 aliphatic carbocycles. The molecule has 1 aliphatic rings. The minimum absolute atomic E-state index is 0.0506. The molecule has 6 rings (SSSR count). The summed E-state index contributed by atoms with van der Waals surface area (Å²) in [6, 6.07) is 43.5. The topological polar surface area (TPSA) is 112 Å². The van der Waals surface area contributed by atoms with Crippen LogP contribution in [0.2, 0.25) is 0 Å². The summed E-state index contributed by atoms with van der Waals surface area (Å²) in [5, 5.41) is 23.7. The van der Waals surface area contributed by atoms with Crippen LogP contribution < -0.4 is 0 Å². The zero-order valence-electron chi connectivity index (χ0n) is 26.1. The van der Waals surface area contributed by atoms with Crippen molar-refractivity contribution in [3.05, 3.63) is 168 Å². The molecule has 0 spiro atoms. The minimum atomic E-state index is -1.62. The molecule has 1 saturated carbocycles.